The molecule has 5 aromatic heterocycles. The standard InChI is InChI=1S/C63H34N4O3/c1-35-33-46-40-23-12-16-28-51(40)70-63(46)60-52(35)45-24-9-13-25-48(45)66(60)56-47(34-64)53(36-17-5-3-6-18-36)55(65-2)59(54(56)37-19-7-4-8-20-37)67-57-41(29-31-43-38-21-10-14-26-49(38)68-61(43)57)42-30-32-44-39-22-11-15-27-50(39)69-62(44)58(42)67/h3-33H,1H3. The van der Waals surface area contributed by atoms with Crippen molar-refractivity contribution in [2.24, 2.45) is 0 Å². The third kappa shape index (κ3) is 4.94. The van der Waals surface area contributed by atoms with Crippen molar-refractivity contribution >= 4 is 115 Å². The van der Waals surface area contributed by atoms with Crippen LogP contribution in [-0.4, -0.2) is 9.13 Å². The molecule has 15 rings (SSSR count). The van der Waals surface area contributed by atoms with Crippen molar-refractivity contribution in [3.63, 3.8) is 0 Å². The van der Waals surface area contributed by atoms with Crippen molar-refractivity contribution < 1.29 is 13.3 Å². The molecule has 70 heavy (non-hydrogen) atoms. The van der Waals surface area contributed by atoms with Crippen LogP contribution in [0.1, 0.15) is 11.1 Å². The van der Waals surface area contributed by atoms with Crippen LogP contribution in [0.5, 0.6) is 0 Å². The van der Waals surface area contributed by atoms with Crippen molar-refractivity contribution in [2.45, 2.75) is 6.92 Å². The van der Waals surface area contributed by atoms with Gasteiger partial charge < -0.3 is 22.4 Å². The zero-order chi connectivity index (χ0) is 46.4. The molecule has 10 aromatic carbocycles. The summed E-state index contributed by atoms with van der Waals surface area (Å²) in [5.41, 5.74) is 13.4. The normalized spacial score (nSPS) is 12.0. The Bertz CT molecular complexity index is 4730. The SMILES string of the molecule is [C-]#[N+]c1c(-c2ccccc2)c(C#N)c(-n2c3ccccc3c3c(C)cc4c5ccccc5oc4c32)c(-c2ccccc2)c1-n1c2c(ccc3c4ccccc4oc32)c2ccc3c4ccccc4oc3c21. The number of hydrogen-bond acceptors (Lipinski definition) is 4. The van der Waals surface area contributed by atoms with Crippen molar-refractivity contribution in [1.82, 2.24) is 9.13 Å². The van der Waals surface area contributed by atoms with E-state index in [-0.39, 0.29) is 0 Å². The van der Waals surface area contributed by atoms with Gasteiger partial charge in [0.05, 0.1) is 45.6 Å². The molecular weight excluding hydrogens is 861 g/mol. The van der Waals surface area contributed by atoms with Crippen LogP contribution >= 0.6 is 0 Å². The summed E-state index contributed by atoms with van der Waals surface area (Å²) in [6.07, 6.45) is 0. The number of para-hydroxylation sites is 4. The molecule has 0 amide bonds. The lowest BCUT2D eigenvalue weighted by atomic mass is 9.88. The zero-order valence-corrected chi connectivity index (χ0v) is 37.4. The van der Waals surface area contributed by atoms with Gasteiger partial charge in [0.1, 0.15) is 22.8 Å². The Morgan fingerprint density at radius 1 is 0.443 bits per heavy atom. The molecule has 0 aliphatic carbocycles. The van der Waals surface area contributed by atoms with E-state index >= 15 is 0 Å². The summed E-state index contributed by atoms with van der Waals surface area (Å²) in [5, 5.41) is 21.8. The second-order valence-electron chi connectivity index (χ2n) is 18.1. The molecule has 0 fully saturated rings. The summed E-state index contributed by atoms with van der Waals surface area (Å²) in [4.78, 5) is 4.59. The van der Waals surface area contributed by atoms with Crippen LogP contribution in [0.3, 0.4) is 0 Å². The van der Waals surface area contributed by atoms with E-state index < -0.39 is 0 Å². The predicted octanol–water partition coefficient (Wildman–Crippen LogP) is 17.6. The molecule has 0 saturated carbocycles. The van der Waals surface area contributed by atoms with Gasteiger partial charge in [-0.2, -0.15) is 5.26 Å². The maximum atomic E-state index is 12.1. The van der Waals surface area contributed by atoms with Gasteiger partial charge in [0, 0.05) is 65.0 Å². The maximum Gasteiger partial charge on any atom is 0.220 e. The first-order chi connectivity index (χ1) is 34.6. The summed E-state index contributed by atoms with van der Waals surface area (Å²) in [7, 11) is 0. The van der Waals surface area contributed by atoms with E-state index in [9.17, 15) is 11.8 Å². The second kappa shape index (κ2) is 14.1. The summed E-state index contributed by atoms with van der Waals surface area (Å²) >= 11 is 0. The minimum Gasteiger partial charge on any atom is -0.454 e. The number of benzene rings is 10. The molecule has 0 radical (unpaired) electrons. The molecule has 0 saturated heterocycles. The van der Waals surface area contributed by atoms with Gasteiger partial charge in [-0.05, 0) is 66.1 Å². The van der Waals surface area contributed by atoms with Crippen LogP contribution in [0.25, 0.3) is 148 Å². The minimum absolute atomic E-state index is 0.316. The Hall–Kier alpha value is -9.82. The summed E-state index contributed by atoms with van der Waals surface area (Å²) in [6, 6.07) is 66.5. The summed E-state index contributed by atoms with van der Waals surface area (Å²) in [5.74, 6) is 0. The number of nitrogens with zero attached hydrogens (tertiary/aromatic N) is 4. The van der Waals surface area contributed by atoms with Gasteiger partial charge in [0.25, 0.3) is 0 Å². The van der Waals surface area contributed by atoms with Crippen molar-refractivity contribution in [1.29, 1.82) is 5.26 Å². The fourth-order valence-corrected chi connectivity index (χ4v) is 11.7. The van der Waals surface area contributed by atoms with E-state index in [2.05, 4.69) is 106 Å². The van der Waals surface area contributed by atoms with Crippen molar-refractivity contribution in [3.8, 4) is 39.7 Å². The molecule has 0 aliphatic rings. The smallest absolute Gasteiger partial charge is 0.220 e. The van der Waals surface area contributed by atoms with E-state index in [0.29, 0.717) is 50.5 Å². The van der Waals surface area contributed by atoms with Crippen LogP contribution < -0.4 is 0 Å². The molecule has 15 aromatic rings. The Morgan fingerprint density at radius 2 is 0.900 bits per heavy atom. The fraction of sp³-hybridized carbons (Fsp3) is 0.0159. The molecule has 0 spiro atoms. The average molecular weight is 895 g/mol. The quantitative estimate of drug-likeness (QED) is 0.165. The molecule has 0 unspecified atom stereocenters. The number of aryl methyl sites for hydroxylation is 1. The first-order valence-electron chi connectivity index (χ1n) is 23.3. The Balaban J connectivity index is 1.27. The Morgan fingerprint density at radius 3 is 1.44 bits per heavy atom. The minimum atomic E-state index is 0.316. The van der Waals surface area contributed by atoms with Crippen molar-refractivity contribution in [2.75, 3.05) is 0 Å². The highest BCUT2D eigenvalue weighted by Crippen LogP contribution is 2.55. The van der Waals surface area contributed by atoms with Gasteiger partial charge >= 0.3 is 0 Å². The van der Waals surface area contributed by atoms with Gasteiger partial charge in [0.15, 0.2) is 16.7 Å². The lowest BCUT2D eigenvalue weighted by molar-refractivity contribution is 0.669. The number of fused-ring (bicyclic) bond motifs is 18. The monoisotopic (exact) mass is 894 g/mol. The topological polar surface area (TPSA) is 77.4 Å². The lowest BCUT2D eigenvalue weighted by Gasteiger charge is -2.25. The fourth-order valence-electron chi connectivity index (χ4n) is 11.7. The zero-order valence-electron chi connectivity index (χ0n) is 37.4. The van der Waals surface area contributed by atoms with Crippen LogP contribution in [0, 0.1) is 24.8 Å². The van der Waals surface area contributed by atoms with Crippen molar-refractivity contribution in [3.05, 3.63) is 211 Å². The first kappa shape index (κ1) is 38.3. The number of rotatable bonds is 4. The van der Waals surface area contributed by atoms with Crippen LogP contribution in [-0.2, 0) is 0 Å². The van der Waals surface area contributed by atoms with Gasteiger partial charge in [-0.3, -0.25) is 0 Å². The molecule has 7 nitrogen and oxygen atoms in total. The van der Waals surface area contributed by atoms with Crippen LogP contribution in [0.4, 0.5) is 5.69 Å². The van der Waals surface area contributed by atoms with E-state index in [4.69, 9.17) is 13.3 Å². The highest BCUT2D eigenvalue weighted by molar-refractivity contribution is 6.28. The van der Waals surface area contributed by atoms with Crippen LogP contribution in [0.15, 0.2) is 201 Å². The number of aromatic nitrogens is 2. The number of furan rings is 3. The van der Waals surface area contributed by atoms with Gasteiger partial charge in [-0.1, -0.05) is 146 Å². The second-order valence-corrected chi connectivity index (χ2v) is 18.1. The molecule has 7 heteroatoms. The lowest BCUT2D eigenvalue weighted by Crippen LogP contribution is -2.09. The van der Waals surface area contributed by atoms with Crippen LogP contribution in [0.2, 0.25) is 0 Å². The average Bonchev–Trinajstić information content (AvgIpc) is 4.23. The molecule has 324 valence electrons. The molecular formula is C63H34N4O3. The summed E-state index contributed by atoms with van der Waals surface area (Å²) < 4.78 is 25.5. The first-order valence-corrected chi connectivity index (χ1v) is 23.3. The summed E-state index contributed by atoms with van der Waals surface area (Å²) in [6.45, 7) is 11.6. The van der Waals surface area contributed by atoms with E-state index in [0.717, 1.165) is 109 Å². The van der Waals surface area contributed by atoms with Gasteiger partial charge in [0.2, 0.25) is 5.69 Å². The highest BCUT2D eigenvalue weighted by atomic mass is 16.3. The molecule has 0 aliphatic heterocycles. The van der Waals surface area contributed by atoms with E-state index in [1.54, 1.807) is 0 Å². The van der Waals surface area contributed by atoms with E-state index in [1.807, 2.05) is 109 Å². The Kier molecular flexibility index (Phi) is 7.72. The molecule has 0 bridgehead atoms. The third-order valence-electron chi connectivity index (χ3n) is 14.5. The number of hydrogen-bond donors (Lipinski definition) is 0. The predicted molar refractivity (Wildman–Crippen MR) is 284 cm³/mol. The molecule has 0 atom stereocenters. The Labute approximate surface area is 398 Å². The van der Waals surface area contributed by atoms with Gasteiger partial charge in [-0.15, -0.1) is 0 Å². The highest BCUT2D eigenvalue weighted by Gasteiger charge is 2.34. The largest absolute Gasteiger partial charge is 0.454 e. The third-order valence-corrected chi connectivity index (χ3v) is 14.5. The maximum absolute atomic E-state index is 12.1. The number of nitriles is 1. The molecule has 0 N–H and O–H groups in total. The van der Waals surface area contributed by atoms with E-state index in [1.165, 1.54) is 0 Å². The van der Waals surface area contributed by atoms with Gasteiger partial charge in [-0.25, -0.2) is 4.85 Å². The molecule has 5 heterocycles.